The van der Waals surface area contributed by atoms with Crippen LogP contribution >= 0.6 is 0 Å². The summed E-state index contributed by atoms with van der Waals surface area (Å²) in [7, 11) is 0. The van der Waals surface area contributed by atoms with Gasteiger partial charge in [0.2, 0.25) is 0 Å². The summed E-state index contributed by atoms with van der Waals surface area (Å²) in [6, 6.07) is 0.895. The van der Waals surface area contributed by atoms with Gasteiger partial charge in [-0.15, -0.1) is 0 Å². The lowest BCUT2D eigenvalue weighted by molar-refractivity contribution is 0.00384. The molecule has 21 heavy (non-hydrogen) atoms. The van der Waals surface area contributed by atoms with Crippen molar-refractivity contribution in [1.82, 2.24) is 15.1 Å². The van der Waals surface area contributed by atoms with Crippen LogP contribution in [0.1, 0.15) is 47.0 Å². The van der Waals surface area contributed by atoms with E-state index in [1.54, 1.807) is 4.90 Å². The Hall–Kier alpha value is -0.810. The zero-order chi connectivity index (χ0) is 15.5. The van der Waals surface area contributed by atoms with Gasteiger partial charge in [0, 0.05) is 31.7 Å². The predicted molar refractivity (Wildman–Crippen MR) is 84.5 cm³/mol. The molecule has 2 heterocycles. The first-order chi connectivity index (χ1) is 9.83. The maximum atomic E-state index is 11.9. The maximum Gasteiger partial charge on any atom is 0.410 e. The summed E-state index contributed by atoms with van der Waals surface area (Å²) < 4.78 is 5.37. The molecule has 2 aliphatic heterocycles. The number of nitrogens with zero attached hydrogens (tertiary/aromatic N) is 2. The molecule has 0 bridgehead atoms. The third kappa shape index (κ3) is 5.47. The average molecular weight is 297 g/mol. The zero-order valence-corrected chi connectivity index (χ0v) is 14.0. The molecule has 1 unspecified atom stereocenters. The topological polar surface area (TPSA) is 44.8 Å². The van der Waals surface area contributed by atoms with Gasteiger partial charge in [0.15, 0.2) is 0 Å². The summed E-state index contributed by atoms with van der Waals surface area (Å²) in [5.74, 6) is 0. The molecule has 122 valence electrons. The number of hydrogen-bond acceptors (Lipinski definition) is 4. The summed E-state index contributed by atoms with van der Waals surface area (Å²) in [5.41, 5.74) is -0.406. The Morgan fingerprint density at radius 1 is 1.24 bits per heavy atom. The molecule has 0 aromatic rings. The van der Waals surface area contributed by atoms with Crippen molar-refractivity contribution in [3.05, 3.63) is 0 Å². The van der Waals surface area contributed by atoms with Crippen LogP contribution in [0.3, 0.4) is 0 Å². The highest BCUT2D eigenvalue weighted by Crippen LogP contribution is 2.16. The SMILES string of the molecule is CC(CN1CCCCC1)NC1CN(C(=O)OC(C)(C)C)C1. The minimum atomic E-state index is -0.406. The van der Waals surface area contributed by atoms with E-state index in [1.165, 1.54) is 32.4 Å². The highest BCUT2D eigenvalue weighted by Gasteiger charge is 2.34. The standard InChI is InChI=1S/C16H31N3O2/c1-13(10-18-8-6-5-7-9-18)17-14-11-19(12-14)15(20)21-16(2,3)4/h13-14,17H,5-12H2,1-4H3. The first-order valence-corrected chi connectivity index (χ1v) is 8.30. The predicted octanol–water partition coefficient (Wildman–Crippen LogP) is 2.07. The minimum absolute atomic E-state index is 0.191. The van der Waals surface area contributed by atoms with Gasteiger partial charge in [0.05, 0.1) is 0 Å². The summed E-state index contributed by atoms with van der Waals surface area (Å²) in [5, 5.41) is 3.62. The Morgan fingerprint density at radius 3 is 2.43 bits per heavy atom. The molecule has 0 spiro atoms. The van der Waals surface area contributed by atoms with Crippen LogP contribution in [0.5, 0.6) is 0 Å². The Labute approximate surface area is 129 Å². The van der Waals surface area contributed by atoms with Crippen LogP contribution in [-0.4, -0.2) is 66.3 Å². The molecule has 2 aliphatic rings. The lowest BCUT2D eigenvalue weighted by atomic mass is 10.1. The quantitative estimate of drug-likeness (QED) is 0.863. The maximum absolute atomic E-state index is 11.9. The van der Waals surface area contributed by atoms with Crippen molar-refractivity contribution in [2.75, 3.05) is 32.7 Å². The van der Waals surface area contributed by atoms with E-state index in [4.69, 9.17) is 4.74 Å². The van der Waals surface area contributed by atoms with E-state index in [2.05, 4.69) is 17.1 Å². The number of carbonyl (C=O) groups is 1. The lowest BCUT2D eigenvalue weighted by Crippen LogP contribution is -2.63. The summed E-state index contributed by atoms with van der Waals surface area (Å²) in [6.07, 6.45) is 3.86. The van der Waals surface area contributed by atoms with E-state index in [0.717, 1.165) is 19.6 Å². The van der Waals surface area contributed by atoms with Gasteiger partial charge in [-0.3, -0.25) is 0 Å². The van der Waals surface area contributed by atoms with E-state index in [9.17, 15) is 4.79 Å². The van der Waals surface area contributed by atoms with Crippen LogP contribution in [0.25, 0.3) is 0 Å². The van der Waals surface area contributed by atoms with Gasteiger partial charge >= 0.3 is 6.09 Å². The molecule has 1 N–H and O–H groups in total. The molecule has 1 atom stereocenters. The Bertz CT molecular complexity index is 342. The number of piperidine rings is 1. The molecule has 0 aliphatic carbocycles. The molecule has 5 heteroatoms. The van der Waals surface area contributed by atoms with E-state index in [-0.39, 0.29) is 6.09 Å². The van der Waals surface area contributed by atoms with E-state index < -0.39 is 5.60 Å². The van der Waals surface area contributed by atoms with E-state index in [0.29, 0.717) is 12.1 Å². The number of rotatable bonds is 4. The van der Waals surface area contributed by atoms with Gasteiger partial charge in [-0.05, 0) is 53.6 Å². The van der Waals surface area contributed by atoms with Crippen molar-refractivity contribution >= 4 is 6.09 Å². The third-order valence-corrected chi connectivity index (χ3v) is 4.03. The second kappa shape index (κ2) is 6.97. The fraction of sp³-hybridized carbons (Fsp3) is 0.938. The van der Waals surface area contributed by atoms with Gasteiger partial charge < -0.3 is 19.9 Å². The van der Waals surface area contributed by atoms with E-state index in [1.807, 2.05) is 20.8 Å². The largest absolute Gasteiger partial charge is 0.444 e. The van der Waals surface area contributed by atoms with Crippen molar-refractivity contribution in [2.24, 2.45) is 0 Å². The highest BCUT2D eigenvalue weighted by molar-refractivity contribution is 5.69. The van der Waals surface area contributed by atoms with Crippen molar-refractivity contribution in [1.29, 1.82) is 0 Å². The summed E-state index contributed by atoms with van der Waals surface area (Å²) in [6.45, 7) is 13.1. The van der Waals surface area contributed by atoms with Crippen LogP contribution < -0.4 is 5.32 Å². The van der Waals surface area contributed by atoms with Gasteiger partial charge in [0.25, 0.3) is 0 Å². The molecule has 2 saturated heterocycles. The number of amides is 1. The molecule has 2 fully saturated rings. The highest BCUT2D eigenvalue weighted by atomic mass is 16.6. The van der Waals surface area contributed by atoms with Crippen LogP contribution in [0.15, 0.2) is 0 Å². The van der Waals surface area contributed by atoms with Gasteiger partial charge in [0.1, 0.15) is 5.60 Å². The molecular formula is C16H31N3O2. The second-order valence-corrected chi connectivity index (χ2v) is 7.51. The molecule has 0 aromatic heterocycles. The first kappa shape index (κ1) is 16.6. The number of hydrogen-bond donors (Lipinski definition) is 1. The fourth-order valence-corrected chi connectivity index (χ4v) is 3.04. The van der Waals surface area contributed by atoms with Crippen molar-refractivity contribution in [3.8, 4) is 0 Å². The van der Waals surface area contributed by atoms with Crippen LogP contribution in [0, 0.1) is 0 Å². The third-order valence-electron chi connectivity index (χ3n) is 4.03. The van der Waals surface area contributed by atoms with Crippen molar-refractivity contribution in [2.45, 2.75) is 64.6 Å². The minimum Gasteiger partial charge on any atom is -0.444 e. The number of likely N-dealkylation sites (tertiary alicyclic amines) is 2. The Kier molecular flexibility index (Phi) is 5.49. The average Bonchev–Trinajstić information content (AvgIpc) is 2.32. The van der Waals surface area contributed by atoms with Crippen molar-refractivity contribution < 1.29 is 9.53 Å². The molecule has 0 radical (unpaired) electrons. The smallest absolute Gasteiger partial charge is 0.410 e. The number of ether oxygens (including phenoxy) is 1. The number of nitrogens with one attached hydrogen (secondary N) is 1. The number of carbonyl (C=O) groups excluding carboxylic acids is 1. The lowest BCUT2D eigenvalue weighted by Gasteiger charge is -2.42. The molecule has 0 saturated carbocycles. The monoisotopic (exact) mass is 297 g/mol. The van der Waals surface area contributed by atoms with E-state index >= 15 is 0 Å². The second-order valence-electron chi connectivity index (χ2n) is 7.51. The van der Waals surface area contributed by atoms with Gasteiger partial charge in [-0.1, -0.05) is 6.42 Å². The fourth-order valence-electron chi connectivity index (χ4n) is 3.04. The Morgan fingerprint density at radius 2 is 1.86 bits per heavy atom. The first-order valence-electron chi connectivity index (χ1n) is 8.30. The van der Waals surface area contributed by atoms with Crippen LogP contribution in [0.4, 0.5) is 4.79 Å². The summed E-state index contributed by atoms with van der Waals surface area (Å²) in [4.78, 5) is 16.2. The molecule has 2 rings (SSSR count). The zero-order valence-electron chi connectivity index (χ0n) is 14.0. The van der Waals surface area contributed by atoms with Crippen LogP contribution in [0.2, 0.25) is 0 Å². The molecule has 1 amide bonds. The summed E-state index contributed by atoms with van der Waals surface area (Å²) >= 11 is 0. The van der Waals surface area contributed by atoms with Crippen molar-refractivity contribution in [3.63, 3.8) is 0 Å². The molecule has 5 nitrogen and oxygen atoms in total. The Balaban J connectivity index is 1.62. The molecule has 0 aromatic carbocycles. The molecular weight excluding hydrogens is 266 g/mol. The van der Waals surface area contributed by atoms with Gasteiger partial charge in [-0.2, -0.15) is 0 Å². The van der Waals surface area contributed by atoms with Crippen LogP contribution in [-0.2, 0) is 4.74 Å². The van der Waals surface area contributed by atoms with Gasteiger partial charge in [-0.25, -0.2) is 4.79 Å². The normalized spacial score (nSPS) is 22.8.